The van der Waals surface area contributed by atoms with Gasteiger partial charge in [0.25, 0.3) is 0 Å². The third-order valence-corrected chi connectivity index (χ3v) is 18.2. The number of rotatable bonds is 66. The van der Waals surface area contributed by atoms with E-state index < -0.39 is 67.4 Å². The Labute approximate surface area is 525 Å². The van der Waals surface area contributed by atoms with Crippen molar-refractivity contribution in [3.05, 3.63) is 12.2 Å². The number of esters is 1. The van der Waals surface area contributed by atoms with Gasteiger partial charge in [-0.3, -0.25) is 9.59 Å². The van der Waals surface area contributed by atoms with Gasteiger partial charge < -0.3 is 45.1 Å². The summed E-state index contributed by atoms with van der Waals surface area (Å²) in [6, 6.07) is -1.02. The Morgan fingerprint density at radius 3 is 1.11 bits per heavy atom. The van der Waals surface area contributed by atoms with E-state index in [4.69, 9.17) is 14.2 Å². The third kappa shape index (κ3) is 49.8. The monoisotopic (exact) mass is 1210 g/mol. The van der Waals surface area contributed by atoms with Crippen molar-refractivity contribution in [1.29, 1.82) is 0 Å². The number of carbonyl (C=O) groups excluding carboxylic acids is 2. The lowest BCUT2D eigenvalue weighted by molar-refractivity contribution is -0.305. The van der Waals surface area contributed by atoms with Crippen LogP contribution in [0.2, 0.25) is 0 Å². The predicted octanol–water partition coefficient (Wildman–Crippen LogP) is 19.4. The molecular weight excluding hydrogens is 1060 g/mol. The maximum absolute atomic E-state index is 13.5. The number of aliphatic hydroxyl groups is 5. The van der Waals surface area contributed by atoms with Crippen LogP contribution in [0.1, 0.15) is 387 Å². The van der Waals surface area contributed by atoms with Crippen LogP contribution in [0.3, 0.4) is 0 Å². The molecule has 0 bridgehead atoms. The molecule has 0 aromatic carbocycles. The average molecular weight is 1210 g/mol. The highest BCUT2D eigenvalue weighted by Gasteiger charge is 2.47. The smallest absolute Gasteiger partial charge is 0.306 e. The molecule has 11 heteroatoms. The molecule has 1 fully saturated rings. The number of ether oxygens (including phenoxy) is 3. The fraction of sp³-hybridized carbons (Fsp3) is 0.946. The highest BCUT2D eigenvalue weighted by molar-refractivity contribution is 5.80. The number of amides is 1. The molecule has 8 unspecified atom stereocenters. The largest absolute Gasteiger partial charge is 0.454 e. The van der Waals surface area contributed by atoms with Crippen molar-refractivity contribution >= 4 is 11.9 Å². The molecule has 6 N–H and O–H groups in total. The van der Waals surface area contributed by atoms with E-state index in [0.29, 0.717) is 19.3 Å². The Morgan fingerprint density at radius 2 is 0.765 bits per heavy atom. The fourth-order valence-electron chi connectivity index (χ4n) is 12.3. The summed E-state index contributed by atoms with van der Waals surface area (Å²) in [6.45, 7) is 5.86. The van der Waals surface area contributed by atoms with Crippen molar-refractivity contribution < 1.29 is 49.3 Å². The molecule has 0 aromatic heterocycles. The van der Waals surface area contributed by atoms with E-state index in [0.717, 1.165) is 57.8 Å². The van der Waals surface area contributed by atoms with Gasteiger partial charge in [-0.05, 0) is 25.7 Å². The number of nitrogens with one attached hydrogen (secondary N) is 1. The maximum atomic E-state index is 13.5. The maximum Gasteiger partial charge on any atom is 0.306 e. The van der Waals surface area contributed by atoms with Gasteiger partial charge in [-0.15, -0.1) is 0 Å². The molecule has 1 rings (SSSR count). The summed E-state index contributed by atoms with van der Waals surface area (Å²) in [7, 11) is 0. The predicted molar refractivity (Wildman–Crippen MR) is 357 cm³/mol. The van der Waals surface area contributed by atoms with Crippen molar-refractivity contribution in [3.8, 4) is 0 Å². The first-order valence-corrected chi connectivity index (χ1v) is 37.5. The zero-order valence-corrected chi connectivity index (χ0v) is 56.3. The van der Waals surface area contributed by atoms with Crippen LogP contribution in [-0.4, -0.2) is 99.6 Å². The quantitative estimate of drug-likeness (QED) is 0.0195. The van der Waals surface area contributed by atoms with E-state index in [1.807, 2.05) is 6.08 Å². The van der Waals surface area contributed by atoms with Crippen LogP contribution in [0.15, 0.2) is 12.2 Å². The second-order valence-electron chi connectivity index (χ2n) is 26.4. The van der Waals surface area contributed by atoms with Crippen molar-refractivity contribution in [1.82, 2.24) is 5.32 Å². The minimum atomic E-state index is -1.61. The first kappa shape index (κ1) is 81.4. The minimum Gasteiger partial charge on any atom is -0.454 e. The molecule has 0 aromatic rings. The van der Waals surface area contributed by atoms with Gasteiger partial charge in [-0.25, -0.2) is 0 Å². The standard InChI is InChI=1S/C74H143NO10/c1-4-7-10-13-16-19-22-24-26-28-30-32-33-34-35-36-38-40-42-44-47-50-53-56-59-62-69(79)85-72-71(81)70(80)68(63-76)84-74(72)83-64-65(66(77)60-57-54-51-48-45-21-18-15-12-9-6-3)75-73(82)67(78)61-58-55-52-49-46-43-41-39-37-31-29-27-25-23-20-17-14-11-8-5-2/h57,60,65-68,70-72,74,76-78,80-81H,4-56,58-59,61-64H2,1-3H3,(H,75,82)/b60-57+. The summed E-state index contributed by atoms with van der Waals surface area (Å²) >= 11 is 0. The molecular formula is C74H143NO10. The molecule has 1 saturated heterocycles. The summed E-state index contributed by atoms with van der Waals surface area (Å²) < 4.78 is 17.7. The van der Waals surface area contributed by atoms with Crippen molar-refractivity contribution in [2.75, 3.05) is 13.2 Å². The lowest BCUT2D eigenvalue weighted by Gasteiger charge is -2.41. The van der Waals surface area contributed by atoms with Crippen LogP contribution >= 0.6 is 0 Å². The molecule has 0 radical (unpaired) electrons. The topological polar surface area (TPSA) is 175 Å². The number of carbonyl (C=O) groups is 2. The second-order valence-corrected chi connectivity index (χ2v) is 26.4. The van der Waals surface area contributed by atoms with Crippen molar-refractivity contribution in [2.45, 2.75) is 436 Å². The number of aliphatic hydroxyl groups excluding tert-OH is 5. The third-order valence-electron chi connectivity index (χ3n) is 18.2. The van der Waals surface area contributed by atoms with Crippen LogP contribution in [0.25, 0.3) is 0 Å². The van der Waals surface area contributed by atoms with Crippen LogP contribution in [0, 0.1) is 0 Å². The molecule has 1 amide bonds. The van der Waals surface area contributed by atoms with E-state index >= 15 is 0 Å². The first-order valence-electron chi connectivity index (χ1n) is 37.5. The van der Waals surface area contributed by atoms with Gasteiger partial charge in [0.1, 0.15) is 24.4 Å². The van der Waals surface area contributed by atoms with Gasteiger partial charge in [-0.1, -0.05) is 367 Å². The molecule has 8 atom stereocenters. The number of allylic oxidation sites excluding steroid dienone is 1. The number of unbranched alkanes of at least 4 members (excludes halogenated alkanes) is 52. The average Bonchev–Trinajstić information content (AvgIpc) is 3.17. The van der Waals surface area contributed by atoms with Gasteiger partial charge in [-0.2, -0.15) is 0 Å². The highest BCUT2D eigenvalue weighted by atomic mass is 16.7. The molecule has 0 aliphatic carbocycles. The molecule has 504 valence electrons. The number of hydrogen-bond donors (Lipinski definition) is 6. The Morgan fingerprint density at radius 1 is 0.447 bits per heavy atom. The van der Waals surface area contributed by atoms with E-state index in [2.05, 4.69) is 26.1 Å². The van der Waals surface area contributed by atoms with Gasteiger partial charge in [0.05, 0.1) is 25.4 Å². The number of hydrogen-bond acceptors (Lipinski definition) is 10. The lowest BCUT2D eigenvalue weighted by atomic mass is 9.99. The van der Waals surface area contributed by atoms with Gasteiger partial charge in [0.2, 0.25) is 5.91 Å². The van der Waals surface area contributed by atoms with Gasteiger partial charge >= 0.3 is 5.97 Å². The van der Waals surface area contributed by atoms with E-state index in [9.17, 15) is 35.1 Å². The summed E-state index contributed by atoms with van der Waals surface area (Å²) in [5.74, 6) is -1.17. The van der Waals surface area contributed by atoms with Crippen LogP contribution < -0.4 is 5.32 Å². The van der Waals surface area contributed by atoms with Gasteiger partial charge in [0.15, 0.2) is 12.4 Å². The molecule has 1 aliphatic rings. The first-order chi connectivity index (χ1) is 41.7. The molecule has 85 heavy (non-hydrogen) atoms. The Kier molecular flexibility index (Phi) is 59.9. The summed E-state index contributed by atoms with van der Waals surface area (Å²) in [6.07, 6.45) is 64.1. The lowest BCUT2D eigenvalue weighted by Crippen LogP contribution is -2.61. The molecule has 0 saturated carbocycles. The van der Waals surface area contributed by atoms with Crippen LogP contribution in [0.5, 0.6) is 0 Å². The van der Waals surface area contributed by atoms with Crippen LogP contribution in [-0.2, 0) is 23.8 Å². The van der Waals surface area contributed by atoms with Crippen molar-refractivity contribution in [2.24, 2.45) is 0 Å². The minimum absolute atomic E-state index is 0.132. The summed E-state index contributed by atoms with van der Waals surface area (Å²) in [5, 5.41) is 57.3. The van der Waals surface area contributed by atoms with Gasteiger partial charge in [0, 0.05) is 6.42 Å². The second kappa shape index (κ2) is 62.6. The zero-order chi connectivity index (χ0) is 61.7. The normalized spacial score (nSPS) is 18.3. The Balaban J connectivity index is 2.50. The summed E-state index contributed by atoms with van der Waals surface area (Å²) in [5.41, 5.74) is 0. The summed E-state index contributed by atoms with van der Waals surface area (Å²) in [4.78, 5) is 26.7. The molecule has 1 aliphatic heterocycles. The van der Waals surface area contributed by atoms with Crippen LogP contribution in [0.4, 0.5) is 0 Å². The molecule has 1 heterocycles. The molecule has 11 nitrogen and oxygen atoms in total. The SMILES string of the molecule is CCCCCCCCCCC/C=C/C(O)C(COC1OC(CO)C(O)C(O)C1OC(=O)CCCCCCCCCCCCCCCCCCCCCCCCCCC)NC(=O)C(O)CCCCCCCCCCCCCCCCCCCCCC. The van der Waals surface area contributed by atoms with Crippen molar-refractivity contribution in [3.63, 3.8) is 0 Å². The zero-order valence-electron chi connectivity index (χ0n) is 56.3. The van der Waals surface area contributed by atoms with E-state index in [-0.39, 0.29) is 13.0 Å². The Hall–Kier alpha value is -1.60. The fourth-order valence-corrected chi connectivity index (χ4v) is 12.3. The van der Waals surface area contributed by atoms with E-state index in [1.54, 1.807) is 6.08 Å². The Bertz CT molecular complexity index is 1430. The molecule has 0 spiro atoms. The van der Waals surface area contributed by atoms with E-state index in [1.165, 1.54) is 283 Å². The highest BCUT2D eigenvalue weighted by Crippen LogP contribution is 2.27.